The molecule has 0 aromatic heterocycles. The zero-order valence-corrected chi connectivity index (χ0v) is 10.0. The lowest BCUT2D eigenvalue weighted by atomic mass is 10.3. The van der Waals surface area contributed by atoms with Crippen molar-refractivity contribution < 1.29 is 0 Å². The van der Waals surface area contributed by atoms with E-state index in [4.69, 9.17) is 0 Å². The van der Waals surface area contributed by atoms with Crippen molar-refractivity contribution in [2.75, 3.05) is 5.43 Å². The second kappa shape index (κ2) is 5.16. The van der Waals surface area contributed by atoms with Crippen molar-refractivity contribution in [3.63, 3.8) is 0 Å². The molecular formula is C11H14BrN3. The summed E-state index contributed by atoms with van der Waals surface area (Å²) in [7, 11) is 0. The number of anilines is 1. The molecule has 0 saturated heterocycles. The number of hydrogen-bond acceptors (Lipinski definition) is 3. The van der Waals surface area contributed by atoms with Gasteiger partial charge in [0.1, 0.15) is 0 Å². The van der Waals surface area contributed by atoms with E-state index in [1.54, 1.807) is 0 Å². The Hall–Kier alpha value is -1.03. The molecule has 1 aromatic carbocycles. The molecule has 2 N–H and O–H groups in total. The molecule has 2 rings (SSSR count). The predicted molar refractivity (Wildman–Crippen MR) is 66.8 cm³/mol. The Morgan fingerprint density at radius 3 is 2.40 bits per heavy atom. The van der Waals surface area contributed by atoms with E-state index in [0.717, 1.165) is 23.0 Å². The highest BCUT2D eigenvalue weighted by Crippen LogP contribution is 2.15. The summed E-state index contributed by atoms with van der Waals surface area (Å²) in [6, 6.07) is 7.97. The molecule has 1 aromatic rings. The molecule has 0 aliphatic heterocycles. The van der Waals surface area contributed by atoms with Crippen LogP contribution < -0.4 is 11.0 Å². The minimum Gasteiger partial charge on any atom is -0.285 e. The van der Waals surface area contributed by atoms with Gasteiger partial charge < -0.3 is 0 Å². The van der Waals surface area contributed by atoms with E-state index in [1.807, 2.05) is 24.3 Å². The summed E-state index contributed by atoms with van der Waals surface area (Å²) >= 11 is 3.39. The maximum Gasteiger partial charge on any atom is 0.0556 e. The molecule has 1 fully saturated rings. The SMILES string of the molecule is Brc1ccc(NNN=C2CCCC2)cc1. The topological polar surface area (TPSA) is 36.4 Å². The zero-order chi connectivity index (χ0) is 10.5. The summed E-state index contributed by atoms with van der Waals surface area (Å²) in [5, 5.41) is 4.28. The van der Waals surface area contributed by atoms with Gasteiger partial charge in [0.25, 0.3) is 0 Å². The number of halogens is 1. The standard InChI is InChI=1S/C11H14BrN3/c12-9-5-7-11(8-6-9)14-15-13-10-3-1-2-4-10/h5-8,14-15H,1-4H2. The molecule has 0 unspecified atom stereocenters. The number of benzene rings is 1. The number of nitrogens with one attached hydrogen (secondary N) is 2. The molecule has 1 saturated carbocycles. The van der Waals surface area contributed by atoms with Crippen molar-refractivity contribution in [3.05, 3.63) is 28.7 Å². The van der Waals surface area contributed by atoms with Gasteiger partial charge in [-0.2, -0.15) is 5.10 Å². The molecule has 0 bridgehead atoms. The highest BCUT2D eigenvalue weighted by Gasteiger charge is 2.07. The number of hydrazine groups is 1. The number of hydrogen-bond donors (Lipinski definition) is 2. The van der Waals surface area contributed by atoms with Gasteiger partial charge in [-0.25, -0.2) is 5.53 Å². The Balaban J connectivity index is 1.82. The van der Waals surface area contributed by atoms with Gasteiger partial charge in [0.2, 0.25) is 0 Å². The highest BCUT2D eigenvalue weighted by atomic mass is 79.9. The van der Waals surface area contributed by atoms with Crippen molar-refractivity contribution >= 4 is 27.3 Å². The summed E-state index contributed by atoms with van der Waals surface area (Å²) in [5.74, 6) is 0. The van der Waals surface area contributed by atoms with Crippen molar-refractivity contribution in [3.8, 4) is 0 Å². The molecule has 4 heteroatoms. The lowest BCUT2D eigenvalue weighted by Gasteiger charge is -2.05. The van der Waals surface area contributed by atoms with E-state index in [9.17, 15) is 0 Å². The van der Waals surface area contributed by atoms with Crippen molar-refractivity contribution in [2.24, 2.45) is 5.10 Å². The fraction of sp³-hybridized carbons (Fsp3) is 0.364. The molecule has 0 amide bonds. The first-order valence-corrected chi connectivity index (χ1v) is 5.96. The van der Waals surface area contributed by atoms with Crippen LogP contribution in [0.1, 0.15) is 25.7 Å². The maximum atomic E-state index is 4.28. The van der Waals surface area contributed by atoms with E-state index < -0.39 is 0 Å². The molecule has 80 valence electrons. The molecule has 1 aliphatic carbocycles. The molecule has 0 radical (unpaired) electrons. The van der Waals surface area contributed by atoms with Gasteiger partial charge in [0.15, 0.2) is 0 Å². The third kappa shape index (κ3) is 3.23. The fourth-order valence-electron chi connectivity index (χ4n) is 1.60. The lowest BCUT2D eigenvalue weighted by Crippen LogP contribution is -2.16. The van der Waals surface area contributed by atoms with Crippen LogP contribution in [0.4, 0.5) is 5.69 Å². The first kappa shape index (κ1) is 10.5. The van der Waals surface area contributed by atoms with Gasteiger partial charge in [-0.1, -0.05) is 15.9 Å². The summed E-state index contributed by atoms with van der Waals surface area (Å²) in [4.78, 5) is 0. The van der Waals surface area contributed by atoms with Crippen molar-refractivity contribution in [1.82, 2.24) is 5.53 Å². The normalized spacial score (nSPS) is 15.1. The zero-order valence-electron chi connectivity index (χ0n) is 8.46. The first-order valence-electron chi connectivity index (χ1n) is 5.16. The maximum absolute atomic E-state index is 4.28. The number of rotatable bonds is 3. The summed E-state index contributed by atoms with van der Waals surface area (Å²) in [6.07, 6.45) is 4.82. The smallest absolute Gasteiger partial charge is 0.0556 e. The van der Waals surface area contributed by atoms with E-state index in [0.29, 0.717) is 0 Å². The fourth-order valence-corrected chi connectivity index (χ4v) is 1.86. The minimum atomic E-state index is 1.01. The first-order chi connectivity index (χ1) is 7.34. The van der Waals surface area contributed by atoms with Gasteiger partial charge >= 0.3 is 0 Å². The average Bonchev–Trinajstić information content (AvgIpc) is 2.74. The van der Waals surface area contributed by atoms with Gasteiger partial charge in [0, 0.05) is 10.2 Å². The Labute approximate surface area is 98.1 Å². The monoisotopic (exact) mass is 267 g/mol. The number of hydrazone groups is 1. The van der Waals surface area contributed by atoms with Gasteiger partial charge in [-0.05, 0) is 49.9 Å². The molecule has 15 heavy (non-hydrogen) atoms. The number of nitrogens with zero attached hydrogens (tertiary/aromatic N) is 1. The van der Waals surface area contributed by atoms with Crippen LogP contribution in [0.2, 0.25) is 0 Å². The van der Waals surface area contributed by atoms with Crippen LogP contribution in [-0.4, -0.2) is 5.71 Å². The Kier molecular flexibility index (Phi) is 3.61. The van der Waals surface area contributed by atoms with Crippen LogP contribution in [0.15, 0.2) is 33.8 Å². The third-order valence-electron chi connectivity index (χ3n) is 2.44. The third-order valence-corrected chi connectivity index (χ3v) is 2.97. The van der Waals surface area contributed by atoms with E-state index >= 15 is 0 Å². The van der Waals surface area contributed by atoms with Gasteiger partial charge in [-0.15, -0.1) is 0 Å². The van der Waals surface area contributed by atoms with Gasteiger partial charge in [-0.3, -0.25) is 5.43 Å². The molecular weight excluding hydrogens is 254 g/mol. The Bertz CT molecular complexity index is 337. The van der Waals surface area contributed by atoms with Crippen LogP contribution in [0.3, 0.4) is 0 Å². The predicted octanol–water partition coefficient (Wildman–Crippen LogP) is 3.30. The summed E-state index contributed by atoms with van der Waals surface area (Å²) in [5.41, 5.74) is 8.20. The largest absolute Gasteiger partial charge is 0.285 e. The van der Waals surface area contributed by atoms with Crippen LogP contribution in [-0.2, 0) is 0 Å². The molecule has 0 heterocycles. The average molecular weight is 268 g/mol. The summed E-state index contributed by atoms with van der Waals surface area (Å²) < 4.78 is 1.08. The van der Waals surface area contributed by atoms with Crippen molar-refractivity contribution in [1.29, 1.82) is 0 Å². The van der Waals surface area contributed by atoms with Crippen LogP contribution in [0.25, 0.3) is 0 Å². The van der Waals surface area contributed by atoms with E-state index in [2.05, 4.69) is 32.0 Å². The minimum absolute atomic E-state index is 1.01. The Morgan fingerprint density at radius 1 is 1.07 bits per heavy atom. The molecule has 3 nitrogen and oxygen atoms in total. The van der Waals surface area contributed by atoms with E-state index in [-0.39, 0.29) is 0 Å². The van der Waals surface area contributed by atoms with Crippen LogP contribution in [0.5, 0.6) is 0 Å². The van der Waals surface area contributed by atoms with E-state index in [1.165, 1.54) is 18.6 Å². The molecule has 0 spiro atoms. The highest BCUT2D eigenvalue weighted by molar-refractivity contribution is 9.10. The van der Waals surface area contributed by atoms with Gasteiger partial charge in [0.05, 0.1) is 5.69 Å². The Morgan fingerprint density at radius 2 is 1.73 bits per heavy atom. The van der Waals surface area contributed by atoms with Crippen LogP contribution >= 0.6 is 15.9 Å². The lowest BCUT2D eigenvalue weighted by molar-refractivity contribution is 0.868. The van der Waals surface area contributed by atoms with Crippen molar-refractivity contribution in [2.45, 2.75) is 25.7 Å². The quantitative estimate of drug-likeness (QED) is 0.825. The molecule has 0 atom stereocenters. The second-order valence-corrected chi connectivity index (χ2v) is 4.54. The van der Waals surface area contributed by atoms with Crippen LogP contribution in [0, 0.1) is 0 Å². The summed E-state index contributed by atoms with van der Waals surface area (Å²) in [6.45, 7) is 0. The second-order valence-electron chi connectivity index (χ2n) is 3.63. The molecule has 1 aliphatic rings.